The van der Waals surface area contributed by atoms with Gasteiger partial charge in [0.15, 0.2) is 0 Å². The molecule has 0 unspecified atom stereocenters. The molecule has 0 spiro atoms. The maximum atomic E-state index is 12.1. The van der Waals surface area contributed by atoms with Crippen molar-refractivity contribution < 1.29 is 14.6 Å². The van der Waals surface area contributed by atoms with E-state index in [1.807, 2.05) is 6.92 Å². The van der Waals surface area contributed by atoms with Crippen LogP contribution in [-0.2, 0) is 0 Å². The lowest BCUT2D eigenvalue weighted by molar-refractivity contribution is 0.102. The smallest absolute Gasteiger partial charge is 0.259 e. The number of nitrogens with one attached hydrogen (secondary N) is 1. The van der Waals surface area contributed by atoms with Crippen LogP contribution in [0, 0.1) is 6.92 Å². The van der Waals surface area contributed by atoms with E-state index in [0.717, 1.165) is 5.56 Å². The number of anilines is 2. The fraction of sp³-hybridized carbons (Fsp3) is 0.133. The summed E-state index contributed by atoms with van der Waals surface area (Å²) in [6, 6.07) is 9.80. The van der Waals surface area contributed by atoms with Gasteiger partial charge in [0, 0.05) is 6.07 Å². The van der Waals surface area contributed by atoms with Gasteiger partial charge in [0.25, 0.3) is 5.91 Å². The van der Waals surface area contributed by atoms with E-state index in [2.05, 4.69) is 5.32 Å². The first-order chi connectivity index (χ1) is 9.51. The van der Waals surface area contributed by atoms with Gasteiger partial charge in [-0.1, -0.05) is 11.6 Å². The van der Waals surface area contributed by atoms with Crippen LogP contribution >= 0.6 is 0 Å². The minimum atomic E-state index is -0.414. The third-order valence-electron chi connectivity index (χ3n) is 2.90. The summed E-state index contributed by atoms with van der Waals surface area (Å²) in [4.78, 5) is 12.1. The van der Waals surface area contributed by atoms with E-state index in [4.69, 9.17) is 10.5 Å². The molecule has 5 heteroatoms. The first kappa shape index (κ1) is 13.7. The molecule has 4 N–H and O–H groups in total. The number of aryl methyl sites for hydroxylation is 1. The Bertz CT molecular complexity index is 654. The highest BCUT2D eigenvalue weighted by molar-refractivity contribution is 6.07. The predicted octanol–water partition coefficient (Wildman–Crippen LogP) is 2.54. The number of benzene rings is 2. The summed E-state index contributed by atoms with van der Waals surface area (Å²) >= 11 is 0. The fourth-order valence-electron chi connectivity index (χ4n) is 1.80. The Hall–Kier alpha value is -2.69. The zero-order valence-electron chi connectivity index (χ0n) is 11.3. The van der Waals surface area contributed by atoms with Crippen LogP contribution in [0.15, 0.2) is 36.4 Å². The SMILES string of the molecule is COc1ccc(NC(=O)c2cc(C)ccc2O)c(N)c1. The number of nitrogen functional groups attached to an aromatic ring is 1. The Morgan fingerprint density at radius 1 is 1.25 bits per heavy atom. The zero-order chi connectivity index (χ0) is 14.7. The molecule has 0 heterocycles. The van der Waals surface area contributed by atoms with Gasteiger partial charge in [-0.25, -0.2) is 0 Å². The number of carbonyl (C=O) groups is 1. The van der Waals surface area contributed by atoms with Crippen LogP contribution in [0.2, 0.25) is 0 Å². The number of phenolic OH excluding ortho intramolecular Hbond substituents is 1. The van der Waals surface area contributed by atoms with Gasteiger partial charge < -0.3 is 20.9 Å². The third-order valence-corrected chi connectivity index (χ3v) is 2.90. The molecule has 0 radical (unpaired) electrons. The molecule has 20 heavy (non-hydrogen) atoms. The van der Waals surface area contributed by atoms with Gasteiger partial charge >= 0.3 is 0 Å². The van der Waals surface area contributed by atoms with Crippen molar-refractivity contribution in [2.75, 3.05) is 18.2 Å². The number of hydrogen-bond donors (Lipinski definition) is 3. The molecular weight excluding hydrogens is 256 g/mol. The van der Waals surface area contributed by atoms with E-state index in [1.54, 1.807) is 30.3 Å². The van der Waals surface area contributed by atoms with E-state index in [0.29, 0.717) is 17.1 Å². The van der Waals surface area contributed by atoms with Crippen LogP contribution in [0.3, 0.4) is 0 Å². The number of hydrogen-bond acceptors (Lipinski definition) is 4. The van der Waals surface area contributed by atoms with Gasteiger partial charge in [-0.3, -0.25) is 4.79 Å². The zero-order valence-corrected chi connectivity index (χ0v) is 11.3. The van der Waals surface area contributed by atoms with Crippen LogP contribution in [0.5, 0.6) is 11.5 Å². The van der Waals surface area contributed by atoms with Crippen molar-refractivity contribution in [3.05, 3.63) is 47.5 Å². The van der Waals surface area contributed by atoms with E-state index in [9.17, 15) is 9.90 Å². The second-order valence-corrected chi connectivity index (χ2v) is 4.43. The summed E-state index contributed by atoms with van der Waals surface area (Å²) in [6.07, 6.45) is 0. The average molecular weight is 272 g/mol. The van der Waals surface area contributed by atoms with Crippen molar-refractivity contribution in [1.29, 1.82) is 0 Å². The van der Waals surface area contributed by atoms with Gasteiger partial charge in [-0.15, -0.1) is 0 Å². The molecule has 0 saturated heterocycles. The molecule has 0 atom stereocenters. The predicted molar refractivity (Wildman–Crippen MR) is 78.2 cm³/mol. The van der Waals surface area contributed by atoms with Gasteiger partial charge in [-0.05, 0) is 31.2 Å². The molecule has 0 bridgehead atoms. The van der Waals surface area contributed by atoms with Crippen molar-refractivity contribution >= 4 is 17.3 Å². The van der Waals surface area contributed by atoms with Crippen LogP contribution in [-0.4, -0.2) is 18.1 Å². The van der Waals surface area contributed by atoms with Crippen LogP contribution in [0.25, 0.3) is 0 Å². The number of nitrogens with two attached hydrogens (primary N) is 1. The number of rotatable bonds is 3. The molecular formula is C15H16N2O3. The quantitative estimate of drug-likeness (QED) is 0.750. The Labute approximate surface area is 117 Å². The van der Waals surface area contributed by atoms with Gasteiger partial charge in [-0.2, -0.15) is 0 Å². The molecule has 2 rings (SSSR count). The van der Waals surface area contributed by atoms with Crippen molar-refractivity contribution in [2.24, 2.45) is 0 Å². The lowest BCUT2D eigenvalue weighted by atomic mass is 10.1. The molecule has 2 aromatic carbocycles. The first-order valence-corrected chi connectivity index (χ1v) is 6.05. The largest absolute Gasteiger partial charge is 0.507 e. The number of phenols is 1. The summed E-state index contributed by atoms with van der Waals surface area (Å²) in [6.45, 7) is 1.85. The van der Waals surface area contributed by atoms with Gasteiger partial charge in [0.2, 0.25) is 0 Å². The first-order valence-electron chi connectivity index (χ1n) is 6.05. The number of ether oxygens (including phenoxy) is 1. The van der Waals surface area contributed by atoms with Gasteiger partial charge in [0.05, 0.1) is 24.0 Å². The number of aromatic hydroxyl groups is 1. The summed E-state index contributed by atoms with van der Waals surface area (Å²) < 4.78 is 5.04. The van der Waals surface area contributed by atoms with E-state index < -0.39 is 5.91 Å². The number of carbonyl (C=O) groups excluding carboxylic acids is 1. The summed E-state index contributed by atoms with van der Waals surface area (Å²) in [7, 11) is 1.54. The standard InChI is InChI=1S/C15H16N2O3/c1-9-3-6-14(18)11(7-9)15(19)17-13-5-4-10(20-2)8-12(13)16/h3-8,18H,16H2,1-2H3,(H,17,19). The van der Waals surface area contributed by atoms with Crippen LogP contribution in [0.1, 0.15) is 15.9 Å². The third kappa shape index (κ3) is 2.83. The molecule has 0 saturated carbocycles. The van der Waals surface area contributed by atoms with E-state index in [-0.39, 0.29) is 11.3 Å². The van der Waals surface area contributed by atoms with E-state index in [1.165, 1.54) is 13.2 Å². The van der Waals surface area contributed by atoms with Gasteiger partial charge in [0.1, 0.15) is 11.5 Å². The highest BCUT2D eigenvalue weighted by Gasteiger charge is 2.13. The highest BCUT2D eigenvalue weighted by atomic mass is 16.5. The topological polar surface area (TPSA) is 84.6 Å². The minimum absolute atomic E-state index is 0.0693. The summed E-state index contributed by atoms with van der Waals surface area (Å²) in [5.74, 6) is 0.127. The maximum absolute atomic E-state index is 12.1. The fourth-order valence-corrected chi connectivity index (χ4v) is 1.80. The molecule has 5 nitrogen and oxygen atoms in total. The average Bonchev–Trinajstić information content (AvgIpc) is 2.43. The molecule has 2 aromatic rings. The number of methoxy groups -OCH3 is 1. The second-order valence-electron chi connectivity index (χ2n) is 4.43. The molecule has 1 amide bonds. The maximum Gasteiger partial charge on any atom is 0.259 e. The van der Waals surface area contributed by atoms with E-state index >= 15 is 0 Å². The minimum Gasteiger partial charge on any atom is -0.507 e. The Kier molecular flexibility index (Phi) is 3.79. The Balaban J connectivity index is 2.25. The summed E-state index contributed by atoms with van der Waals surface area (Å²) in [5.41, 5.74) is 7.79. The molecule has 0 aromatic heterocycles. The normalized spacial score (nSPS) is 10.1. The number of amides is 1. The molecule has 0 aliphatic rings. The molecule has 0 fully saturated rings. The second kappa shape index (κ2) is 5.52. The molecule has 0 aliphatic heterocycles. The van der Waals surface area contributed by atoms with Crippen molar-refractivity contribution in [3.63, 3.8) is 0 Å². The lowest BCUT2D eigenvalue weighted by Gasteiger charge is -2.11. The molecule has 0 aliphatic carbocycles. The Morgan fingerprint density at radius 2 is 2.00 bits per heavy atom. The van der Waals surface area contributed by atoms with Crippen molar-refractivity contribution in [1.82, 2.24) is 0 Å². The summed E-state index contributed by atoms with van der Waals surface area (Å²) in [5, 5.41) is 12.4. The highest BCUT2D eigenvalue weighted by Crippen LogP contribution is 2.26. The lowest BCUT2D eigenvalue weighted by Crippen LogP contribution is -2.13. The van der Waals surface area contributed by atoms with Crippen LogP contribution in [0.4, 0.5) is 11.4 Å². The van der Waals surface area contributed by atoms with Crippen LogP contribution < -0.4 is 15.8 Å². The molecule has 104 valence electrons. The van der Waals surface area contributed by atoms with Crippen molar-refractivity contribution in [2.45, 2.75) is 6.92 Å². The Morgan fingerprint density at radius 3 is 2.65 bits per heavy atom. The monoisotopic (exact) mass is 272 g/mol. The van der Waals surface area contributed by atoms with Crippen molar-refractivity contribution in [3.8, 4) is 11.5 Å².